The summed E-state index contributed by atoms with van der Waals surface area (Å²) in [6.45, 7) is 1.11. The van der Waals surface area contributed by atoms with Gasteiger partial charge in [0, 0.05) is 6.61 Å². The van der Waals surface area contributed by atoms with E-state index in [-0.39, 0.29) is 0 Å². The molecule has 1 fully saturated rings. The van der Waals surface area contributed by atoms with Crippen LogP contribution in [0.5, 0.6) is 0 Å². The van der Waals surface area contributed by atoms with Crippen LogP contribution in [-0.2, 0) is 0 Å². The van der Waals surface area contributed by atoms with E-state index in [1.807, 2.05) is 0 Å². The number of aliphatic hydroxyl groups excluding tert-OH is 1. The molecule has 0 aromatic carbocycles. The molecule has 1 saturated carbocycles. The zero-order valence-corrected chi connectivity index (χ0v) is 8.54. The van der Waals surface area contributed by atoms with Crippen molar-refractivity contribution in [3.63, 3.8) is 0 Å². The van der Waals surface area contributed by atoms with E-state index in [4.69, 9.17) is 10.8 Å². The fraction of sp³-hybridized carbons (Fsp3) is 1.00. The van der Waals surface area contributed by atoms with Gasteiger partial charge in [0.2, 0.25) is 0 Å². The first-order valence-corrected chi connectivity index (χ1v) is 5.69. The van der Waals surface area contributed by atoms with Crippen molar-refractivity contribution in [2.45, 2.75) is 44.9 Å². The highest BCUT2D eigenvalue weighted by Crippen LogP contribution is 2.33. The molecule has 2 heteroatoms. The molecule has 1 rings (SSSR count). The van der Waals surface area contributed by atoms with E-state index in [2.05, 4.69) is 0 Å². The number of nitrogens with two attached hydrogens (primary N) is 1. The van der Waals surface area contributed by atoms with E-state index >= 15 is 0 Å². The Morgan fingerprint density at radius 3 is 2.38 bits per heavy atom. The Hall–Kier alpha value is -0.0800. The van der Waals surface area contributed by atoms with Crippen LogP contribution >= 0.6 is 0 Å². The molecule has 1 aliphatic carbocycles. The van der Waals surface area contributed by atoms with Crippen molar-refractivity contribution < 1.29 is 5.11 Å². The van der Waals surface area contributed by atoms with E-state index in [1.54, 1.807) is 0 Å². The molecule has 0 aliphatic heterocycles. The molecular weight excluding hydrogens is 162 g/mol. The first-order valence-electron chi connectivity index (χ1n) is 5.69. The van der Waals surface area contributed by atoms with Gasteiger partial charge in [0.25, 0.3) is 0 Å². The molecule has 0 aromatic rings. The van der Waals surface area contributed by atoms with Crippen molar-refractivity contribution in [3.05, 3.63) is 0 Å². The first-order chi connectivity index (χ1) is 6.38. The summed E-state index contributed by atoms with van der Waals surface area (Å²) >= 11 is 0. The molecule has 0 amide bonds. The Morgan fingerprint density at radius 2 is 1.85 bits per heavy atom. The topological polar surface area (TPSA) is 46.2 Å². The van der Waals surface area contributed by atoms with Crippen molar-refractivity contribution in [3.8, 4) is 0 Å². The molecule has 0 saturated heterocycles. The molecule has 13 heavy (non-hydrogen) atoms. The predicted molar refractivity (Wildman–Crippen MR) is 55.4 cm³/mol. The summed E-state index contributed by atoms with van der Waals surface area (Å²) in [5.74, 6) is 1.54. The number of hydrogen-bond acceptors (Lipinski definition) is 2. The maximum absolute atomic E-state index is 8.95. The summed E-state index contributed by atoms with van der Waals surface area (Å²) in [7, 11) is 0. The lowest BCUT2D eigenvalue weighted by Crippen LogP contribution is -2.21. The predicted octanol–water partition coefficient (Wildman–Crippen LogP) is 1.91. The highest BCUT2D eigenvalue weighted by molar-refractivity contribution is 4.74. The van der Waals surface area contributed by atoms with Crippen molar-refractivity contribution >= 4 is 0 Å². The summed E-state index contributed by atoms with van der Waals surface area (Å²) in [6, 6.07) is 0. The largest absolute Gasteiger partial charge is 0.396 e. The van der Waals surface area contributed by atoms with Crippen LogP contribution in [-0.4, -0.2) is 18.3 Å². The fourth-order valence-electron chi connectivity index (χ4n) is 2.60. The molecule has 1 atom stereocenters. The Bertz CT molecular complexity index is 115. The molecule has 2 nitrogen and oxygen atoms in total. The molecule has 0 aromatic heterocycles. The van der Waals surface area contributed by atoms with Gasteiger partial charge in [-0.25, -0.2) is 0 Å². The molecule has 3 N–H and O–H groups in total. The second-order valence-electron chi connectivity index (χ2n) is 4.25. The van der Waals surface area contributed by atoms with Gasteiger partial charge in [-0.15, -0.1) is 0 Å². The van der Waals surface area contributed by atoms with Crippen LogP contribution in [0, 0.1) is 11.8 Å². The fourth-order valence-corrected chi connectivity index (χ4v) is 2.60. The number of aliphatic hydroxyl groups is 1. The minimum Gasteiger partial charge on any atom is -0.396 e. The molecule has 0 bridgehead atoms. The third-order valence-electron chi connectivity index (χ3n) is 3.35. The van der Waals surface area contributed by atoms with Crippen molar-refractivity contribution in [1.29, 1.82) is 0 Å². The Kier molecular flexibility index (Phi) is 5.40. The van der Waals surface area contributed by atoms with Crippen LogP contribution in [0.1, 0.15) is 44.9 Å². The zero-order valence-electron chi connectivity index (χ0n) is 8.54. The van der Waals surface area contributed by atoms with Gasteiger partial charge in [-0.1, -0.05) is 32.1 Å². The number of rotatable bonds is 5. The van der Waals surface area contributed by atoms with Crippen LogP contribution in [0.25, 0.3) is 0 Å². The van der Waals surface area contributed by atoms with Crippen LogP contribution in [0.3, 0.4) is 0 Å². The molecule has 1 aliphatic rings. The van der Waals surface area contributed by atoms with Crippen LogP contribution in [0.4, 0.5) is 0 Å². The van der Waals surface area contributed by atoms with Crippen LogP contribution < -0.4 is 5.73 Å². The van der Waals surface area contributed by atoms with E-state index in [9.17, 15) is 0 Å². The minimum atomic E-state index is 0.334. The van der Waals surface area contributed by atoms with Gasteiger partial charge in [-0.05, 0) is 31.2 Å². The Morgan fingerprint density at radius 1 is 1.15 bits per heavy atom. The molecule has 78 valence electrons. The third kappa shape index (κ3) is 3.65. The summed E-state index contributed by atoms with van der Waals surface area (Å²) < 4.78 is 0. The lowest BCUT2D eigenvalue weighted by atomic mass is 9.77. The maximum Gasteiger partial charge on any atom is 0.0433 e. The Balaban J connectivity index is 2.32. The van der Waals surface area contributed by atoms with E-state index < -0.39 is 0 Å². The zero-order chi connectivity index (χ0) is 9.52. The van der Waals surface area contributed by atoms with Crippen LogP contribution in [0.15, 0.2) is 0 Å². The SMILES string of the molecule is NCCC(CCO)C1CCCCC1. The smallest absolute Gasteiger partial charge is 0.0433 e. The molecule has 0 spiro atoms. The maximum atomic E-state index is 8.95. The van der Waals surface area contributed by atoms with Gasteiger partial charge in [0.1, 0.15) is 0 Å². The Labute approximate surface area is 81.5 Å². The summed E-state index contributed by atoms with van der Waals surface area (Å²) in [5.41, 5.74) is 5.58. The van der Waals surface area contributed by atoms with Gasteiger partial charge in [0.05, 0.1) is 0 Å². The van der Waals surface area contributed by atoms with Gasteiger partial charge >= 0.3 is 0 Å². The minimum absolute atomic E-state index is 0.334. The molecule has 1 unspecified atom stereocenters. The summed E-state index contributed by atoms with van der Waals surface area (Å²) in [6.07, 6.45) is 8.97. The van der Waals surface area contributed by atoms with Crippen molar-refractivity contribution in [2.75, 3.05) is 13.2 Å². The average Bonchev–Trinajstić information content (AvgIpc) is 2.19. The third-order valence-corrected chi connectivity index (χ3v) is 3.35. The number of hydrogen-bond donors (Lipinski definition) is 2. The molecular formula is C11H23NO. The van der Waals surface area contributed by atoms with Crippen molar-refractivity contribution in [2.24, 2.45) is 17.6 Å². The van der Waals surface area contributed by atoms with Gasteiger partial charge in [0.15, 0.2) is 0 Å². The second-order valence-corrected chi connectivity index (χ2v) is 4.25. The van der Waals surface area contributed by atoms with Gasteiger partial charge in [-0.2, -0.15) is 0 Å². The molecule has 0 heterocycles. The van der Waals surface area contributed by atoms with Gasteiger partial charge in [-0.3, -0.25) is 0 Å². The standard InChI is InChI=1S/C11H23NO/c12-8-6-11(7-9-13)10-4-2-1-3-5-10/h10-11,13H,1-9,12H2. The van der Waals surface area contributed by atoms with E-state index in [1.165, 1.54) is 32.1 Å². The lowest BCUT2D eigenvalue weighted by Gasteiger charge is -2.29. The highest BCUT2D eigenvalue weighted by atomic mass is 16.3. The quantitative estimate of drug-likeness (QED) is 0.687. The van der Waals surface area contributed by atoms with E-state index in [0.29, 0.717) is 12.5 Å². The highest BCUT2D eigenvalue weighted by Gasteiger charge is 2.22. The summed E-state index contributed by atoms with van der Waals surface area (Å²) in [5, 5.41) is 8.95. The molecule has 0 radical (unpaired) electrons. The average molecular weight is 185 g/mol. The van der Waals surface area contributed by atoms with Crippen molar-refractivity contribution in [1.82, 2.24) is 0 Å². The lowest BCUT2D eigenvalue weighted by molar-refractivity contribution is 0.181. The van der Waals surface area contributed by atoms with E-state index in [0.717, 1.165) is 25.3 Å². The van der Waals surface area contributed by atoms with Crippen LogP contribution in [0.2, 0.25) is 0 Å². The second kappa shape index (κ2) is 6.39. The first kappa shape index (κ1) is 11.0. The normalized spacial score (nSPS) is 21.7. The van der Waals surface area contributed by atoms with Gasteiger partial charge < -0.3 is 10.8 Å². The monoisotopic (exact) mass is 185 g/mol. The summed E-state index contributed by atoms with van der Waals surface area (Å²) in [4.78, 5) is 0.